The monoisotopic (exact) mass is 247 g/mol. The number of hydrogen-bond donors (Lipinski definition) is 1. The average molecular weight is 247 g/mol. The Kier molecular flexibility index (Phi) is 5.00. The van der Waals surface area contributed by atoms with Crippen molar-refractivity contribution in [3.63, 3.8) is 0 Å². The highest BCUT2D eigenvalue weighted by Crippen LogP contribution is 2.27. The first-order valence-electron chi connectivity index (χ1n) is 7.28. The van der Waals surface area contributed by atoms with Crippen LogP contribution in [0.15, 0.2) is 23.9 Å². The molecule has 3 heteroatoms. The van der Waals surface area contributed by atoms with Gasteiger partial charge >= 0.3 is 0 Å². The second-order valence-electron chi connectivity index (χ2n) is 4.99. The van der Waals surface area contributed by atoms with Gasteiger partial charge < -0.3 is 5.32 Å². The molecule has 1 heterocycles. The van der Waals surface area contributed by atoms with E-state index in [9.17, 15) is 0 Å². The lowest BCUT2D eigenvalue weighted by atomic mass is 9.93. The van der Waals surface area contributed by atoms with Crippen molar-refractivity contribution < 1.29 is 0 Å². The maximum Gasteiger partial charge on any atom is 0.0556 e. The van der Waals surface area contributed by atoms with E-state index in [-0.39, 0.29) is 0 Å². The molecule has 1 N–H and O–H groups in total. The van der Waals surface area contributed by atoms with Gasteiger partial charge in [-0.15, -0.1) is 0 Å². The Morgan fingerprint density at radius 3 is 2.94 bits per heavy atom. The molecular formula is C15H25N3. The van der Waals surface area contributed by atoms with Crippen molar-refractivity contribution in [3.8, 4) is 0 Å². The molecule has 2 rings (SSSR count). The van der Waals surface area contributed by atoms with Crippen LogP contribution in [-0.2, 0) is 6.54 Å². The Bertz CT molecular complexity index is 392. The molecule has 0 fully saturated rings. The van der Waals surface area contributed by atoms with Crippen LogP contribution in [0.3, 0.4) is 0 Å². The van der Waals surface area contributed by atoms with Crippen LogP contribution in [0.25, 0.3) is 0 Å². The van der Waals surface area contributed by atoms with E-state index < -0.39 is 0 Å². The molecule has 0 bridgehead atoms. The maximum absolute atomic E-state index is 4.39. The van der Waals surface area contributed by atoms with Gasteiger partial charge in [0.25, 0.3) is 0 Å². The van der Waals surface area contributed by atoms with Crippen molar-refractivity contribution in [2.75, 3.05) is 6.54 Å². The summed E-state index contributed by atoms with van der Waals surface area (Å²) in [4.78, 5) is 0. The molecule has 0 saturated carbocycles. The van der Waals surface area contributed by atoms with Crippen molar-refractivity contribution >= 4 is 0 Å². The SMILES string of the molecule is CCNC(CC1=CCCCC1)c1ccnn1CC. The number of rotatable bonds is 6. The van der Waals surface area contributed by atoms with Crippen LogP contribution >= 0.6 is 0 Å². The third-order valence-corrected chi connectivity index (χ3v) is 3.71. The van der Waals surface area contributed by atoms with E-state index in [0.717, 1.165) is 19.5 Å². The third kappa shape index (κ3) is 3.22. The van der Waals surface area contributed by atoms with E-state index in [0.29, 0.717) is 6.04 Å². The molecule has 3 nitrogen and oxygen atoms in total. The lowest BCUT2D eigenvalue weighted by Crippen LogP contribution is -2.24. The van der Waals surface area contributed by atoms with Crippen molar-refractivity contribution in [3.05, 3.63) is 29.6 Å². The van der Waals surface area contributed by atoms with E-state index >= 15 is 0 Å². The highest BCUT2D eigenvalue weighted by Gasteiger charge is 2.17. The van der Waals surface area contributed by atoms with E-state index in [2.05, 4.69) is 41.1 Å². The molecule has 0 aromatic carbocycles. The molecule has 0 radical (unpaired) electrons. The molecule has 0 aliphatic heterocycles. The average Bonchev–Trinajstić information content (AvgIpc) is 2.87. The van der Waals surface area contributed by atoms with Crippen LogP contribution in [0.1, 0.15) is 57.7 Å². The number of hydrogen-bond acceptors (Lipinski definition) is 2. The molecule has 0 amide bonds. The fourth-order valence-electron chi connectivity index (χ4n) is 2.78. The van der Waals surface area contributed by atoms with Crippen LogP contribution < -0.4 is 5.32 Å². The molecule has 1 aliphatic carbocycles. The van der Waals surface area contributed by atoms with Gasteiger partial charge in [0.1, 0.15) is 0 Å². The summed E-state index contributed by atoms with van der Waals surface area (Å²) < 4.78 is 2.11. The van der Waals surface area contributed by atoms with Gasteiger partial charge in [-0.2, -0.15) is 5.10 Å². The second kappa shape index (κ2) is 6.74. The van der Waals surface area contributed by atoms with E-state index in [1.54, 1.807) is 5.57 Å². The summed E-state index contributed by atoms with van der Waals surface area (Å²) in [5.41, 5.74) is 2.95. The van der Waals surface area contributed by atoms with Crippen LogP contribution in [0.2, 0.25) is 0 Å². The van der Waals surface area contributed by atoms with Gasteiger partial charge in [0.15, 0.2) is 0 Å². The molecule has 1 aromatic rings. The van der Waals surface area contributed by atoms with Gasteiger partial charge in [-0.05, 0) is 51.6 Å². The third-order valence-electron chi connectivity index (χ3n) is 3.71. The van der Waals surface area contributed by atoms with Crippen molar-refractivity contribution in [1.82, 2.24) is 15.1 Å². The molecule has 18 heavy (non-hydrogen) atoms. The number of nitrogens with one attached hydrogen (secondary N) is 1. The zero-order valence-electron chi connectivity index (χ0n) is 11.7. The summed E-state index contributed by atoms with van der Waals surface area (Å²) >= 11 is 0. The largest absolute Gasteiger partial charge is 0.309 e. The second-order valence-corrected chi connectivity index (χ2v) is 4.99. The van der Waals surface area contributed by atoms with Crippen LogP contribution in [0.5, 0.6) is 0 Å². The summed E-state index contributed by atoms with van der Waals surface area (Å²) in [6.07, 6.45) is 10.8. The lowest BCUT2D eigenvalue weighted by Gasteiger charge is -2.22. The summed E-state index contributed by atoms with van der Waals surface area (Å²) in [5, 5.41) is 7.99. The van der Waals surface area contributed by atoms with Crippen LogP contribution in [-0.4, -0.2) is 16.3 Å². The molecule has 0 spiro atoms. The van der Waals surface area contributed by atoms with Gasteiger partial charge in [-0.25, -0.2) is 0 Å². The first-order chi connectivity index (χ1) is 8.85. The Labute approximate surface area is 110 Å². The van der Waals surface area contributed by atoms with Crippen molar-refractivity contribution in [2.45, 2.75) is 58.5 Å². The van der Waals surface area contributed by atoms with Gasteiger partial charge in [0.05, 0.1) is 11.7 Å². The zero-order chi connectivity index (χ0) is 12.8. The smallest absolute Gasteiger partial charge is 0.0556 e. The van der Waals surface area contributed by atoms with Crippen LogP contribution in [0, 0.1) is 0 Å². The lowest BCUT2D eigenvalue weighted by molar-refractivity contribution is 0.479. The Hall–Kier alpha value is -1.09. The number of allylic oxidation sites excluding steroid dienone is 1. The Morgan fingerprint density at radius 1 is 1.39 bits per heavy atom. The minimum absolute atomic E-state index is 0.418. The minimum Gasteiger partial charge on any atom is -0.309 e. The van der Waals surface area contributed by atoms with E-state index in [4.69, 9.17) is 0 Å². The van der Waals surface area contributed by atoms with Crippen molar-refractivity contribution in [2.24, 2.45) is 0 Å². The summed E-state index contributed by atoms with van der Waals surface area (Å²) in [6, 6.07) is 2.57. The zero-order valence-corrected chi connectivity index (χ0v) is 11.7. The molecule has 1 aliphatic rings. The standard InChI is InChI=1S/C15H25N3/c1-3-16-14(12-13-8-6-5-7-9-13)15-10-11-17-18(15)4-2/h8,10-11,14,16H,3-7,9,12H2,1-2H3. The Morgan fingerprint density at radius 2 is 2.28 bits per heavy atom. The van der Waals surface area contributed by atoms with Gasteiger partial charge in [0.2, 0.25) is 0 Å². The number of nitrogens with zero attached hydrogens (tertiary/aromatic N) is 2. The molecule has 100 valence electrons. The first kappa shape index (κ1) is 13.3. The normalized spacial score (nSPS) is 17.6. The highest BCUT2D eigenvalue weighted by molar-refractivity contribution is 5.14. The van der Waals surface area contributed by atoms with Gasteiger partial charge in [0, 0.05) is 12.7 Å². The topological polar surface area (TPSA) is 29.9 Å². The quantitative estimate of drug-likeness (QED) is 0.780. The summed E-state index contributed by atoms with van der Waals surface area (Å²) in [7, 11) is 0. The molecular weight excluding hydrogens is 222 g/mol. The minimum atomic E-state index is 0.418. The predicted octanol–water partition coefficient (Wildman–Crippen LogP) is 3.44. The van der Waals surface area contributed by atoms with E-state index in [1.807, 2.05) is 6.20 Å². The first-order valence-corrected chi connectivity index (χ1v) is 7.28. The Balaban J connectivity index is 2.10. The van der Waals surface area contributed by atoms with Crippen molar-refractivity contribution in [1.29, 1.82) is 0 Å². The maximum atomic E-state index is 4.39. The van der Waals surface area contributed by atoms with Crippen LogP contribution in [0.4, 0.5) is 0 Å². The molecule has 0 saturated heterocycles. The molecule has 1 aromatic heterocycles. The molecule has 1 unspecified atom stereocenters. The summed E-state index contributed by atoms with van der Waals surface area (Å²) in [6.45, 7) is 6.28. The highest BCUT2D eigenvalue weighted by atomic mass is 15.3. The van der Waals surface area contributed by atoms with E-state index in [1.165, 1.54) is 31.4 Å². The fourth-order valence-corrected chi connectivity index (χ4v) is 2.78. The van der Waals surface area contributed by atoms with Gasteiger partial charge in [-0.3, -0.25) is 4.68 Å². The summed E-state index contributed by atoms with van der Waals surface area (Å²) in [5.74, 6) is 0. The number of aryl methyl sites for hydroxylation is 1. The number of aromatic nitrogens is 2. The fraction of sp³-hybridized carbons (Fsp3) is 0.667. The predicted molar refractivity (Wildman–Crippen MR) is 75.5 cm³/mol. The molecule has 1 atom stereocenters. The van der Waals surface area contributed by atoms with Gasteiger partial charge in [-0.1, -0.05) is 18.6 Å².